The Morgan fingerprint density at radius 1 is 0.810 bits per heavy atom. The van der Waals surface area contributed by atoms with Gasteiger partial charge in [0.2, 0.25) is 0 Å². The van der Waals surface area contributed by atoms with E-state index in [2.05, 4.69) is 19.6 Å². The third-order valence-corrected chi connectivity index (χ3v) is 5.11. The molecule has 0 spiro atoms. The fraction of sp³-hybridized carbons (Fsp3) is 1.00. The van der Waals surface area contributed by atoms with E-state index in [4.69, 9.17) is 4.18 Å². The zero-order valence-electron chi connectivity index (χ0n) is 13.0. The summed E-state index contributed by atoms with van der Waals surface area (Å²) in [5.74, 6) is 0.328. The molecule has 0 aliphatic rings. The number of hydrogen-bond donors (Lipinski definition) is 1. The van der Waals surface area contributed by atoms with E-state index in [1.54, 1.807) is 0 Å². The van der Waals surface area contributed by atoms with Crippen molar-refractivity contribution in [1.29, 1.82) is 0 Å². The molecule has 0 fully saturated rings. The zero-order chi connectivity index (χ0) is 15.1. The molecule has 0 amide bonds. The Bertz CT molecular complexity index is 295. The summed E-state index contributed by atoms with van der Waals surface area (Å²) in [6.45, 7) is 2.57. The topological polar surface area (TPSA) is 43.4 Å². The maximum atomic E-state index is 11.2. The van der Waals surface area contributed by atoms with Crippen molar-refractivity contribution in [2.45, 2.75) is 77.6 Å². The van der Waals surface area contributed by atoms with Gasteiger partial charge in [-0.1, -0.05) is 71.1 Å². The van der Waals surface area contributed by atoms with Gasteiger partial charge in [-0.25, -0.2) is 0 Å². The first-order chi connectivity index (χ1) is 9.62. The molecule has 0 saturated heterocycles. The molecule has 124 valence electrons. The van der Waals surface area contributed by atoms with Crippen molar-refractivity contribution in [3.05, 3.63) is 0 Å². The fourth-order valence-electron chi connectivity index (χ4n) is 2.12. The van der Waals surface area contributed by atoms with Crippen molar-refractivity contribution >= 4 is 52.3 Å². The van der Waals surface area contributed by atoms with Gasteiger partial charge in [-0.2, -0.15) is 21.0 Å². The molecule has 0 rings (SSSR count). The van der Waals surface area contributed by atoms with Crippen LogP contribution >= 0.6 is 12.6 Å². The third-order valence-electron chi connectivity index (χ3n) is 3.35. The van der Waals surface area contributed by atoms with Gasteiger partial charge in [0.1, 0.15) is 0 Å². The van der Waals surface area contributed by atoms with Crippen LogP contribution in [0.25, 0.3) is 0 Å². The van der Waals surface area contributed by atoms with E-state index in [-0.39, 0.29) is 35.3 Å². The Kier molecular flexibility index (Phi) is 20.6. The van der Waals surface area contributed by atoms with Crippen LogP contribution < -0.4 is 0 Å². The fourth-order valence-corrected chi connectivity index (χ4v) is 3.51. The molecule has 0 unspecified atom stereocenters. The van der Waals surface area contributed by atoms with Gasteiger partial charge < -0.3 is 0 Å². The van der Waals surface area contributed by atoms with Crippen molar-refractivity contribution in [3.8, 4) is 0 Å². The molecule has 0 aromatic carbocycles. The molecule has 0 radical (unpaired) electrons. The standard InChI is InChI=1S/C15H32O3S2.Na.H/c1-2-3-4-5-6-7-8-9-10-11-12-13-18-20(16,17)15-14-19;;/h19H,2-15H2,1H3;;. The van der Waals surface area contributed by atoms with Crippen molar-refractivity contribution in [3.63, 3.8) is 0 Å². The number of rotatable bonds is 15. The minimum atomic E-state index is -3.32. The molecule has 0 atom stereocenters. The molecule has 0 aliphatic heterocycles. The molecule has 0 bridgehead atoms. The van der Waals surface area contributed by atoms with E-state index in [0.717, 1.165) is 12.8 Å². The van der Waals surface area contributed by atoms with Crippen LogP contribution in [-0.4, -0.2) is 56.1 Å². The third kappa shape index (κ3) is 19.2. The molecule has 0 saturated carbocycles. The van der Waals surface area contributed by atoms with Crippen molar-refractivity contribution in [1.82, 2.24) is 0 Å². The summed E-state index contributed by atoms with van der Waals surface area (Å²) in [5.41, 5.74) is 0. The van der Waals surface area contributed by atoms with E-state index >= 15 is 0 Å². The first-order valence-corrected chi connectivity index (χ1v) is 10.3. The van der Waals surface area contributed by atoms with Crippen molar-refractivity contribution in [2.24, 2.45) is 0 Å². The molecule has 0 aromatic heterocycles. The van der Waals surface area contributed by atoms with Gasteiger partial charge >= 0.3 is 29.6 Å². The molecular formula is C15H33NaO3S2. The predicted octanol–water partition coefficient (Wildman–Crippen LogP) is 3.93. The van der Waals surface area contributed by atoms with Crippen LogP contribution in [0, 0.1) is 0 Å². The molecule has 0 aliphatic carbocycles. The summed E-state index contributed by atoms with van der Waals surface area (Å²) in [4.78, 5) is 0. The summed E-state index contributed by atoms with van der Waals surface area (Å²) >= 11 is 3.89. The number of thiol groups is 1. The Balaban J connectivity index is 0. The van der Waals surface area contributed by atoms with Gasteiger partial charge in [-0.05, 0) is 6.42 Å². The van der Waals surface area contributed by atoms with E-state index in [0.29, 0.717) is 12.4 Å². The first kappa shape index (κ1) is 24.5. The second-order valence-corrected chi connectivity index (χ2v) is 7.55. The van der Waals surface area contributed by atoms with Crippen LogP contribution in [0.1, 0.15) is 77.6 Å². The zero-order valence-corrected chi connectivity index (χ0v) is 14.7. The molecule has 21 heavy (non-hydrogen) atoms. The predicted molar refractivity (Wildman–Crippen MR) is 97.2 cm³/mol. The molecule has 0 heterocycles. The van der Waals surface area contributed by atoms with Crippen LogP contribution in [0.2, 0.25) is 0 Å². The van der Waals surface area contributed by atoms with Gasteiger partial charge in [-0.15, -0.1) is 0 Å². The molecule has 6 heteroatoms. The summed E-state index contributed by atoms with van der Waals surface area (Å²) in [5, 5.41) is 0. The quantitative estimate of drug-likeness (QED) is 0.211. The van der Waals surface area contributed by atoms with E-state index < -0.39 is 10.1 Å². The van der Waals surface area contributed by atoms with E-state index in [1.165, 1.54) is 57.8 Å². The van der Waals surface area contributed by atoms with Crippen LogP contribution in [0.3, 0.4) is 0 Å². The summed E-state index contributed by atoms with van der Waals surface area (Å²) in [6.07, 6.45) is 13.8. The number of hydrogen-bond acceptors (Lipinski definition) is 4. The van der Waals surface area contributed by atoms with Crippen LogP contribution in [0.15, 0.2) is 0 Å². The molecule has 3 nitrogen and oxygen atoms in total. The molecular weight excluding hydrogens is 315 g/mol. The minimum absolute atomic E-state index is 0. The monoisotopic (exact) mass is 348 g/mol. The summed E-state index contributed by atoms with van der Waals surface area (Å²) in [7, 11) is -3.32. The van der Waals surface area contributed by atoms with E-state index in [1.807, 2.05) is 0 Å². The summed E-state index contributed by atoms with van der Waals surface area (Å²) < 4.78 is 27.4. The van der Waals surface area contributed by atoms with Crippen LogP contribution in [-0.2, 0) is 14.3 Å². The Hall–Kier alpha value is 1.26. The van der Waals surface area contributed by atoms with E-state index in [9.17, 15) is 8.42 Å². The normalized spacial score (nSPS) is 11.3. The van der Waals surface area contributed by atoms with Gasteiger partial charge in [0, 0.05) is 5.75 Å². The van der Waals surface area contributed by atoms with Crippen molar-refractivity contribution in [2.75, 3.05) is 18.1 Å². The van der Waals surface area contributed by atoms with Gasteiger partial charge in [0.15, 0.2) is 0 Å². The SMILES string of the molecule is CCCCCCCCCCCCCOS(=O)(=O)CCS.[NaH]. The van der Waals surface area contributed by atoms with Gasteiger partial charge in [0.25, 0.3) is 10.1 Å². The molecule has 0 aromatic rings. The van der Waals surface area contributed by atoms with Crippen LogP contribution in [0.4, 0.5) is 0 Å². The van der Waals surface area contributed by atoms with Crippen LogP contribution in [0.5, 0.6) is 0 Å². The number of unbranched alkanes of at least 4 members (excludes halogenated alkanes) is 10. The maximum absolute atomic E-state index is 11.2. The average Bonchev–Trinajstić information content (AvgIpc) is 2.40. The first-order valence-electron chi connectivity index (χ1n) is 8.10. The van der Waals surface area contributed by atoms with Crippen molar-refractivity contribution < 1.29 is 12.6 Å². The average molecular weight is 349 g/mol. The van der Waals surface area contributed by atoms with Gasteiger partial charge in [-0.3, -0.25) is 4.18 Å². The Labute approximate surface area is 159 Å². The second kappa shape index (κ2) is 17.6. The second-order valence-electron chi connectivity index (χ2n) is 5.34. The van der Waals surface area contributed by atoms with Gasteiger partial charge in [0.05, 0.1) is 12.4 Å². The Morgan fingerprint density at radius 2 is 1.24 bits per heavy atom. The molecule has 0 N–H and O–H groups in total. The Morgan fingerprint density at radius 3 is 1.67 bits per heavy atom. The summed E-state index contributed by atoms with van der Waals surface area (Å²) in [6, 6.07) is 0.